The molecule has 0 heterocycles. The Labute approximate surface area is 164 Å². The van der Waals surface area contributed by atoms with Crippen LogP contribution in [0, 0.1) is 0 Å². The average Bonchev–Trinajstić information content (AvgIpc) is 2.66. The molecule has 2 unspecified atom stereocenters. The number of carbonyl (C=O) groups excluding carboxylic acids is 3. The van der Waals surface area contributed by atoms with Crippen LogP contribution in [0.25, 0.3) is 0 Å². The minimum absolute atomic E-state index is 0. The fraction of sp³-hybridized carbons (Fsp3) is 0.471. The Hall–Kier alpha value is -2.50. The summed E-state index contributed by atoms with van der Waals surface area (Å²) in [5.74, 6) is -1.86. The van der Waals surface area contributed by atoms with E-state index in [4.69, 9.17) is 14.2 Å². The Morgan fingerprint density at radius 1 is 1.18 bits per heavy atom. The Kier molecular flexibility index (Phi) is 8.54. The lowest BCUT2D eigenvalue weighted by atomic mass is 10.1. The Bertz CT molecular complexity index is 841. The molecule has 0 saturated carbocycles. The molecular formula is C17H25NO9S. The topological polar surface area (TPSA) is 134 Å². The zero-order valence-electron chi connectivity index (χ0n) is 16.2. The number of ether oxygens (including phenoxy) is 3. The summed E-state index contributed by atoms with van der Waals surface area (Å²) < 4.78 is 43.4. The molecule has 1 aromatic rings. The largest absolute Gasteiger partial charge is 0.497 e. The maximum absolute atomic E-state index is 12.3. The van der Waals surface area contributed by atoms with E-state index < -0.39 is 46.4 Å². The van der Waals surface area contributed by atoms with E-state index in [1.54, 1.807) is 0 Å². The summed E-state index contributed by atoms with van der Waals surface area (Å²) in [5.41, 5.74) is -0.0773. The second-order valence-corrected chi connectivity index (χ2v) is 7.33. The van der Waals surface area contributed by atoms with Crippen LogP contribution < -0.4 is 10.1 Å². The predicted molar refractivity (Wildman–Crippen MR) is 99.6 cm³/mol. The van der Waals surface area contributed by atoms with Gasteiger partial charge in [-0.2, -0.15) is 8.42 Å². The van der Waals surface area contributed by atoms with Gasteiger partial charge in [0.1, 0.15) is 10.6 Å². The molecule has 1 amide bonds. The van der Waals surface area contributed by atoms with E-state index >= 15 is 0 Å². The summed E-state index contributed by atoms with van der Waals surface area (Å²) in [6.07, 6.45) is -2.76. The van der Waals surface area contributed by atoms with Crippen LogP contribution in [0.3, 0.4) is 0 Å². The standard InChI is InChI=1S/C17H23NO9S.H2/c1-10(19)14(27-17(21)11(2)24-3)9-16(20)18-13-7-6-12(25-4)8-15(13)28(22,23)26-5;/h6-8,11,14H,9H2,1-5H3,(H,18,20);1H. The van der Waals surface area contributed by atoms with E-state index in [1.807, 2.05) is 0 Å². The van der Waals surface area contributed by atoms with E-state index in [-0.39, 0.29) is 17.8 Å². The van der Waals surface area contributed by atoms with Crippen LogP contribution in [-0.4, -0.2) is 59.6 Å². The van der Waals surface area contributed by atoms with Gasteiger partial charge < -0.3 is 19.5 Å². The predicted octanol–water partition coefficient (Wildman–Crippen LogP) is 1.14. The second-order valence-electron chi connectivity index (χ2n) is 5.65. The zero-order chi connectivity index (χ0) is 21.5. The second kappa shape index (κ2) is 10.2. The number of hydrogen-bond donors (Lipinski definition) is 1. The maximum Gasteiger partial charge on any atom is 0.335 e. The maximum atomic E-state index is 12.3. The van der Waals surface area contributed by atoms with Gasteiger partial charge in [-0.1, -0.05) is 0 Å². The molecule has 0 fully saturated rings. The first kappa shape index (κ1) is 23.5. The molecule has 0 aliphatic carbocycles. The van der Waals surface area contributed by atoms with Gasteiger partial charge in [0.25, 0.3) is 10.1 Å². The van der Waals surface area contributed by atoms with Crippen molar-refractivity contribution in [2.75, 3.05) is 26.6 Å². The highest BCUT2D eigenvalue weighted by Gasteiger charge is 2.27. The number of amides is 1. The number of Topliss-reactive ketones (excluding diaryl/α,β-unsaturated/α-hetero) is 1. The number of benzene rings is 1. The molecule has 1 rings (SSSR count). The zero-order valence-corrected chi connectivity index (χ0v) is 17.0. The van der Waals surface area contributed by atoms with Crippen LogP contribution in [0.15, 0.2) is 23.1 Å². The number of carbonyl (C=O) groups is 3. The number of methoxy groups -OCH3 is 2. The molecule has 10 nitrogen and oxygen atoms in total. The molecule has 0 aromatic heterocycles. The van der Waals surface area contributed by atoms with Gasteiger partial charge >= 0.3 is 5.97 Å². The SMILES string of the molecule is COc1ccc(NC(=O)CC(OC(=O)C(C)OC)C(C)=O)c(S(=O)(=O)OC)c1.[HH]. The van der Waals surface area contributed by atoms with Crippen molar-refractivity contribution < 1.29 is 42.6 Å². The van der Waals surface area contributed by atoms with Crippen molar-refractivity contribution >= 4 is 33.5 Å². The summed E-state index contributed by atoms with van der Waals surface area (Å²) in [4.78, 5) is 35.5. The molecule has 28 heavy (non-hydrogen) atoms. The normalized spacial score (nSPS) is 13.3. The molecule has 0 spiro atoms. The Balaban J connectivity index is 0.00000784. The Morgan fingerprint density at radius 2 is 1.82 bits per heavy atom. The van der Waals surface area contributed by atoms with Gasteiger partial charge in [-0.3, -0.25) is 13.8 Å². The van der Waals surface area contributed by atoms with Crippen LogP contribution in [0.1, 0.15) is 21.7 Å². The third-order valence-electron chi connectivity index (χ3n) is 3.72. The summed E-state index contributed by atoms with van der Waals surface area (Å²) in [7, 11) is -0.529. The first-order valence-electron chi connectivity index (χ1n) is 8.08. The fourth-order valence-corrected chi connectivity index (χ4v) is 2.83. The van der Waals surface area contributed by atoms with Gasteiger partial charge in [0, 0.05) is 14.6 Å². The molecule has 158 valence electrons. The van der Waals surface area contributed by atoms with Crippen molar-refractivity contribution in [3.63, 3.8) is 0 Å². The van der Waals surface area contributed by atoms with E-state index in [0.29, 0.717) is 0 Å². The van der Waals surface area contributed by atoms with Gasteiger partial charge in [0.05, 0.1) is 26.3 Å². The van der Waals surface area contributed by atoms with Gasteiger partial charge in [0.15, 0.2) is 18.0 Å². The smallest absolute Gasteiger partial charge is 0.335 e. The van der Waals surface area contributed by atoms with E-state index in [2.05, 4.69) is 9.50 Å². The molecule has 0 saturated heterocycles. The highest BCUT2D eigenvalue weighted by molar-refractivity contribution is 7.87. The van der Waals surface area contributed by atoms with Crippen molar-refractivity contribution in [2.24, 2.45) is 0 Å². The number of esters is 1. The number of hydrogen-bond acceptors (Lipinski definition) is 9. The minimum Gasteiger partial charge on any atom is -0.497 e. The molecule has 0 aliphatic rings. The summed E-state index contributed by atoms with van der Waals surface area (Å²) in [6.45, 7) is 2.59. The Morgan fingerprint density at radius 3 is 2.32 bits per heavy atom. The average molecular weight is 419 g/mol. The monoisotopic (exact) mass is 419 g/mol. The number of nitrogens with one attached hydrogen (secondary N) is 1. The van der Waals surface area contributed by atoms with Gasteiger partial charge in [0.2, 0.25) is 5.91 Å². The molecule has 1 aromatic carbocycles. The highest BCUT2D eigenvalue weighted by Crippen LogP contribution is 2.28. The summed E-state index contributed by atoms with van der Waals surface area (Å²) >= 11 is 0. The first-order valence-corrected chi connectivity index (χ1v) is 9.48. The number of rotatable bonds is 10. The lowest BCUT2D eigenvalue weighted by Crippen LogP contribution is -2.34. The lowest BCUT2D eigenvalue weighted by molar-refractivity contribution is -0.164. The quantitative estimate of drug-likeness (QED) is 0.437. The van der Waals surface area contributed by atoms with Crippen molar-refractivity contribution in [3.05, 3.63) is 18.2 Å². The third kappa shape index (κ3) is 6.29. The highest BCUT2D eigenvalue weighted by atomic mass is 32.2. The van der Waals surface area contributed by atoms with Crippen LogP contribution in [0.2, 0.25) is 0 Å². The fourth-order valence-electron chi connectivity index (χ4n) is 2.00. The van der Waals surface area contributed by atoms with Crippen LogP contribution >= 0.6 is 0 Å². The lowest BCUT2D eigenvalue weighted by Gasteiger charge is -2.18. The molecule has 0 bridgehead atoms. The number of anilines is 1. The molecule has 0 aliphatic heterocycles. The van der Waals surface area contributed by atoms with Crippen LogP contribution in [-0.2, 0) is 38.2 Å². The number of ketones is 1. The van der Waals surface area contributed by atoms with Gasteiger partial charge in [-0.25, -0.2) is 4.79 Å². The molecule has 0 radical (unpaired) electrons. The van der Waals surface area contributed by atoms with Crippen molar-refractivity contribution in [3.8, 4) is 5.75 Å². The molecule has 11 heteroatoms. The van der Waals surface area contributed by atoms with Gasteiger partial charge in [-0.15, -0.1) is 0 Å². The van der Waals surface area contributed by atoms with Crippen LogP contribution in [0.4, 0.5) is 5.69 Å². The summed E-state index contributed by atoms with van der Waals surface area (Å²) in [5, 5.41) is 2.38. The van der Waals surface area contributed by atoms with Crippen molar-refractivity contribution in [1.82, 2.24) is 0 Å². The molecule has 1 N–H and O–H groups in total. The summed E-state index contributed by atoms with van der Waals surface area (Å²) in [6, 6.07) is 3.93. The van der Waals surface area contributed by atoms with Crippen molar-refractivity contribution in [2.45, 2.75) is 37.4 Å². The van der Waals surface area contributed by atoms with E-state index in [0.717, 1.165) is 14.0 Å². The first-order chi connectivity index (χ1) is 13.0. The van der Waals surface area contributed by atoms with E-state index in [1.165, 1.54) is 39.3 Å². The third-order valence-corrected chi connectivity index (χ3v) is 5.03. The van der Waals surface area contributed by atoms with Gasteiger partial charge in [-0.05, 0) is 26.0 Å². The minimum atomic E-state index is -4.15. The molecular weight excluding hydrogens is 394 g/mol. The van der Waals surface area contributed by atoms with Crippen molar-refractivity contribution in [1.29, 1.82) is 0 Å². The van der Waals surface area contributed by atoms with Crippen LogP contribution in [0.5, 0.6) is 5.75 Å². The molecule has 2 atom stereocenters. The van der Waals surface area contributed by atoms with E-state index in [9.17, 15) is 22.8 Å².